The molecule has 0 aromatic rings. The Hall–Kier alpha value is -0.0800. The van der Waals surface area contributed by atoms with E-state index in [0.717, 1.165) is 30.6 Å². The largest absolute Gasteiger partial charge is 0.393 e. The van der Waals surface area contributed by atoms with Crippen LogP contribution >= 0.6 is 0 Å². The number of aliphatic hydroxyl groups excluding tert-OH is 2. The second kappa shape index (κ2) is 12.8. The quantitative estimate of drug-likeness (QED) is 0.362. The average molecular weight is 423 g/mol. The highest BCUT2D eigenvalue weighted by molar-refractivity contribution is 4.90. The molecule has 2 fully saturated rings. The van der Waals surface area contributed by atoms with Gasteiger partial charge in [-0.05, 0) is 85.9 Å². The highest BCUT2D eigenvalue weighted by Gasteiger charge is 2.40. The van der Waals surface area contributed by atoms with E-state index in [9.17, 15) is 10.2 Å². The Kier molecular flexibility index (Phi) is 11.2. The van der Waals surface area contributed by atoms with Crippen LogP contribution in [-0.4, -0.2) is 22.4 Å². The first kappa shape index (κ1) is 26.2. The number of aliphatic hydroxyl groups is 2. The highest BCUT2D eigenvalue weighted by Crippen LogP contribution is 2.45. The molecule has 2 aliphatic carbocycles. The number of hydrogen-bond donors (Lipinski definition) is 2. The van der Waals surface area contributed by atoms with E-state index >= 15 is 0 Å². The molecule has 2 aliphatic rings. The lowest BCUT2D eigenvalue weighted by Gasteiger charge is -2.44. The van der Waals surface area contributed by atoms with Gasteiger partial charge in [0.1, 0.15) is 0 Å². The molecule has 0 saturated heterocycles. The molecule has 2 rings (SSSR count). The maximum atomic E-state index is 11.0. The van der Waals surface area contributed by atoms with Gasteiger partial charge >= 0.3 is 0 Å². The first-order chi connectivity index (χ1) is 14.3. The van der Waals surface area contributed by atoms with Crippen LogP contribution in [0.4, 0.5) is 0 Å². The van der Waals surface area contributed by atoms with Crippen molar-refractivity contribution >= 4 is 0 Å². The van der Waals surface area contributed by atoms with Crippen molar-refractivity contribution in [1.29, 1.82) is 0 Å². The van der Waals surface area contributed by atoms with Crippen molar-refractivity contribution in [1.82, 2.24) is 0 Å². The van der Waals surface area contributed by atoms with Crippen molar-refractivity contribution in [3.63, 3.8) is 0 Å². The molecule has 178 valence electrons. The third-order valence-corrected chi connectivity index (χ3v) is 9.64. The molecule has 0 amide bonds. The molecule has 0 heterocycles. The van der Waals surface area contributed by atoms with Gasteiger partial charge in [0.15, 0.2) is 0 Å². The molecular formula is C28H54O2. The van der Waals surface area contributed by atoms with Gasteiger partial charge in [-0.25, -0.2) is 0 Å². The van der Waals surface area contributed by atoms with E-state index < -0.39 is 0 Å². The van der Waals surface area contributed by atoms with Crippen molar-refractivity contribution in [2.75, 3.05) is 0 Å². The van der Waals surface area contributed by atoms with Crippen LogP contribution in [0.2, 0.25) is 0 Å². The minimum atomic E-state index is -0.104. The summed E-state index contributed by atoms with van der Waals surface area (Å²) >= 11 is 0. The van der Waals surface area contributed by atoms with Crippen LogP contribution in [0.1, 0.15) is 119 Å². The maximum absolute atomic E-state index is 11.0. The van der Waals surface area contributed by atoms with E-state index in [1.54, 1.807) is 0 Å². The van der Waals surface area contributed by atoms with Gasteiger partial charge < -0.3 is 10.2 Å². The van der Waals surface area contributed by atoms with Crippen LogP contribution in [0.3, 0.4) is 0 Å². The molecule has 7 unspecified atom stereocenters. The number of hydrogen-bond acceptors (Lipinski definition) is 2. The van der Waals surface area contributed by atoms with Gasteiger partial charge in [-0.15, -0.1) is 0 Å². The Morgan fingerprint density at radius 3 is 2.07 bits per heavy atom. The SMILES string of the molecule is CCC[C@@H](C[C@@H](CC(CC)C1CCCCC1O)C(C)CC)C1C(O)CCC(C)[C@H]1C. The molecule has 0 radical (unpaired) electrons. The Morgan fingerprint density at radius 2 is 1.47 bits per heavy atom. The van der Waals surface area contributed by atoms with Crippen LogP contribution in [0.25, 0.3) is 0 Å². The summed E-state index contributed by atoms with van der Waals surface area (Å²) in [6, 6.07) is 0. The Labute approximate surface area is 188 Å². The standard InChI is InChI=1S/C28H54O2/c1-7-12-23(28-21(6)20(5)15-16-27(28)30)18-24(19(4)8-2)17-22(9-3)25-13-10-11-14-26(25)29/h19-30H,7-18H2,1-6H3/t19?,20?,21-,22?,23+,24-,25?,26?,27?,28?/m1/s1. The van der Waals surface area contributed by atoms with Crippen molar-refractivity contribution < 1.29 is 10.2 Å². The molecule has 2 saturated carbocycles. The van der Waals surface area contributed by atoms with E-state index in [4.69, 9.17) is 0 Å². The predicted molar refractivity (Wildman–Crippen MR) is 129 cm³/mol. The van der Waals surface area contributed by atoms with Gasteiger partial charge in [0.25, 0.3) is 0 Å². The molecule has 30 heavy (non-hydrogen) atoms. The molecule has 2 N–H and O–H groups in total. The summed E-state index contributed by atoms with van der Waals surface area (Å²) in [5, 5.41) is 21.7. The van der Waals surface area contributed by atoms with Crippen LogP contribution in [0.15, 0.2) is 0 Å². The molecule has 10 atom stereocenters. The molecule has 2 nitrogen and oxygen atoms in total. The summed E-state index contributed by atoms with van der Waals surface area (Å²) in [7, 11) is 0. The Bertz CT molecular complexity index is 464. The van der Waals surface area contributed by atoms with Crippen molar-refractivity contribution in [2.45, 2.75) is 131 Å². The maximum Gasteiger partial charge on any atom is 0.0573 e. The smallest absolute Gasteiger partial charge is 0.0573 e. The topological polar surface area (TPSA) is 40.5 Å². The zero-order valence-corrected chi connectivity index (χ0v) is 21.2. The number of rotatable bonds is 11. The van der Waals surface area contributed by atoms with Crippen molar-refractivity contribution in [3.05, 3.63) is 0 Å². The highest BCUT2D eigenvalue weighted by atomic mass is 16.3. The normalized spacial score (nSPS) is 36.8. The van der Waals surface area contributed by atoms with E-state index in [1.165, 1.54) is 64.2 Å². The average Bonchev–Trinajstić information content (AvgIpc) is 2.74. The Balaban J connectivity index is 2.17. The summed E-state index contributed by atoms with van der Waals surface area (Å²) in [6.07, 6.45) is 14.2. The zero-order valence-electron chi connectivity index (χ0n) is 21.2. The lowest BCUT2D eigenvalue weighted by molar-refractivity contribution is -0.0318. The van der Waals surface area contributed by atoms with Crippen molar-refractivity contribution in [2.24, 2.45) is 47.3 Å². The van der Waals surface area contributed by atoms with E-state index in [-0.39, 0.29) is 12.2 Å². The first-order valence-electron chi connectivity index (χ1n) is 13.7. The zero-order chi connectivity index (χ0) is 22.3. The van der Waals surface area contributed by atoms with E-state index in [0.29, 0.717) is 29.6 Å². The summed E-state index contributed by atoms with van der Waals surface area (Å²) in [6.45, 7) is 14.3. The molecule has 0 aromatic carbocycles. The third-order valence-electron chi connectivity index (χ3n) is 9.64. The van der Waals surface area contributed by atoms with Gasteiger partial charge in [0.05, 0.1) is 12.2 Å². The summed E-state index contributed by atoms with van der Waals surface area (Å²) < 4.78 is 0. The lowest BCUT2D eigenvalue weighted by Crippen LogP contribution is -2.41. The van der Waals surface area contributed by atoms with Gasteiger partial charge in [-0.3, -0.25) is 0 Å². The second-order valence-electron chi connectivity index (χ2n) is 11.4. The molecule has 0 aliphatic heterocycles. The Morgan fingerprint density at radius 1 is 0.800 bits per heavy atom. The fraction of sp³-hybridized carbons (Fsp3) is 1.00. The summed E-state index contributed by atoms with van der Waals surface area (Å²) in [5.41, 5.74) is 0. The fourth-order valence-electron chi connectivity index (χ4n) is 7.21. The molecule has 0 aromatic heterocycles. The predicted octanol–water partition coefficient (Wildman–Crippen LogP) is 7.47. The van der Waals surface area contributed by atoms with Gasteiger partial charge in [0, 0.05) is 0 Å². The van der Waals surface area contributed by atoms with Gasteiger partial charge in [-0.2, -0.15) is 0 Å². The molecular weight excluding hydrogens is 368 g/mol. The summed E-state index contributed by atoms with van der Waals surface area (Å²) in [4.78, 5) is 0. The van der Waals surface area contributed by atoms with E-state index in [1.807, 2.05) is 0 Å². The molecule has 0 bridgehead atoms. The second-order valence-corrected chi connectivity index (χ2v) is 11.4. The van der Waals surface area contributed by atoms with Crippen LogP contribution in [-0.2, 0) is 0 Å². The lowest BCUT2D eigenvalue weighted by atomic mass is 9.62. The van der Waals surface area contributed by atoms with Gasteiger partial charge in [-0.1, -0.05) is 80.1 Å². The third kappa shape index (κ3) is 6.71. The van der Waals surface area contributed by atoms with Crippen LogP contribution in [0, 0.1) is 47.3 Å². The minimum Gasteiger partial charge on any atom is -0.393 e. The van der Waals surface area contributed by atoms with E-state index in [2.05, 4.69) is 41.5 Å². The molecule has 0 spiro atoms. The van der Waals surface area contributed by atoms with Crippen LogP contribution < -0.4 is 0 Å². The van der Waals surface area contributed by atoms with Gasteiger partial charge in [0.2, 0.25) is 0 Å². The summed E-state index contributed by atoms with van der Waals surface area (Å²) in [5.74, 6) is 5.12. The first-order valence-corrected chi connectivity index (χ1v) is 13.7. The monoisotopic (exact) mass is 422 g/mol. The minimum absolute atomic E-state index is 0.0752. The molecule has 2 heteroatoms. The van der Waals surface area contributed by atoms with Crippen LogP contribution in [0.5, 0.6) is 0 Å². The fourth-order valence-corrected chi connectivity index (χ4v) is 7.21. The van der Waals surface area contributed by atoms with Crippen molar-refractivity contribution in [3.8, 4) is 0 Å².